The van der Waals surface area contributed by atoms with E-state index in [4.69, 9.17) is 5.26 Å². The molecule has 1 aliphatic carbocycles. The summed E-state index contributed by atoms with van der Waals surface area (Å²) in [6, 6.07) is 2.02. The lowest BCUT2D eigenvalue weighted by Crippen LogP contribution is -2.47. The van der Waals surface area contributed by atoms with Gasteiger partial charge in [0.15, 0.2) is 5.78 Å². The van der Waals surface area contributed by atoms with E-state index in [2.05, 4.69) is 0 Å². The number of ketones is 1. The van der Waals surface area contributed by atoms with Crippen LogP contribution in [-0.2, 0) is 9.59 Å². The number of nitrogens with zero attached hydrogens (tertiary/aromatic N) is 1. The fourth-order valence-electron chi connectivity index (χ4n) is 2.51. The number of hydrogen-bond donors (Lipinski definition) is 1. The summed E-state index contributed by atoms with van der Waals surface area (Å²) < 4.78 is 0. The van der Waals surface area contributed by atoms with Crippen LogP contribution in [0.2, 0.25) is 0 Å². The molecule has 0 heterocycles. The molecule has 0 amide bonds. The van der Waals surface area contributed by atoms with Crippen molar-refractivity contribution in [1.82, 2.24) is 0 Å². The highest BCUT2D eigenvalue weighted by Crippen LogP contribution is 2.42. The Morgan fingerprint density at radius 3 is 2.75 bits per heavy atom. The molecule has 0 aromatic rings. The third-order valence-corrected chi connectivity index (χ3v) is 3.43. The molecule has 16 heavy (non-hydrogen) atoms. The number of carbonyl (C=O) groups is 2. The summed E-state index contributed by atoms with van der Waals surface area (Å²) in [6.07, 6.45) is 3.29. The highest BCUT2D eigenvalue weighted by molar-refractivity contribution is 6.04. The maximum atomic E-state index is 11.9. The van der Waals surface area contributed by atoms with Crippen LogP contribution < -0.4 is 0 Å². The van der Waals surface area contributed by atoms with E-state index < -0.39 is 17.3 Å². The molecule has 4 heteroatoms. The van der Waals surface area contributed by atoms with E-state index in [9.17, 15) is 14.7 Å². The summed E-state index contributed by atoms with van der Waals surface area (Å²) in [5.41, 5.74) is -1.43. The minimum atomic E-state index is -1.43. The first-order chi connectivity index (χ1) is 7.59. The van der Waals surface area contributed by atoms with Gasteiger partial charge in [-0.25, -0.2) is 0 Å². The lowest BCUT2D eigenvalue weighted by Gasteiger charge is -2.35. The number of Topliss-reactive ketones (excluding diaryl/α,β-unsaturated/α-hetero) is 1. The molecular weight excluding hydrogens is 206 g/mol. The molecule has 0 aromatic heterocycles. The van der Waals surface area contributed by atoms with Crippen molar-refractivity contribution in [3.05, 3.63) is 0 Å². The van der Waals surface area contributed by atoms with Gasteiger partial charge >= 0.3 is 5.97 Å². The van der Waals surface area contributed by atoms with Gasteiger partial charge in [-0.2, -0.15) is 5.26 Å². The lowest BCUT2D eigenvalue weighted by molar-refractivity contribution is -0.160. The zero-order valence-electron chi connectivity index (χ0n) is 9.53. The molecule has 2 atom stereocenters. The predicted octanol–water partition coefficient (Wildman–Crippen LogP) is 2.14. The number of aliphatic carboxylic acids is 1. The second-order valence-corrected chi connectivity index (χ2v) is 4.38. The number of carboxylic acid groups (broad SMARTS) is 1. The van der Waals surface area contributed by atoms with Crippen LogP contribution in [0, 0.1) is 22.7 Å². The molecule has 2 unspecified atom stereocenters. The number of nitriles is 1. The summed E-state index contributed by atoms with van der Waals surface area (Å²) in [5, 5.41) is 18.4. The Labute approximate surface area is 95.3 Å². The highest BCUT2D eigenvalue weighted by atomic mass is 16.4. The zero-order chi connectivity index (χ0) is 12.2. The molecule has 88 valence electrons. The Bertz CT molecular complexity index is 332. The quantitative estimate of drug-likeness (QED) is 0.740. The van der Waals surface area contributed by atoms with Crippen molar-refractivity contribution < 1.29 is 14.7 Å². The number of hydrogen-bond acceptors (Lipinski definition) is 3. The summed E-state index contributed by atoms with van der Waals surface area (Å²) in [7, 11) is 0. The summed E-state index contributed by atoms with van der Waals surface area (Å²) >= 11 is 0. The van der Waals surface area contributed by atoms with Crippen molar-refractivity contribution >= 4 is 11.8 Å². The monoisotopic (exact) mass is 223 g/mol. The van der Waals surface area contributed by atoms with Gasteiger partial charge in [-0.1, -0.05) is 19.8 Å². The van der Waals surface area contributed by atoms with Crippen molar-refractivity contribution in [3.8, 4) is 6.07 Å². The molecule has 1 rings (SSSR count). The zero-order valence-corrected chi connectivity index (χ0v) is 9.53. The second kappa shape index (κ2) is 5.11. The van der Waals surface area contributed by atoms with Crippen LogP contribution in [0.15, 0.2) is 0 Å². The maximum absolute atomic E-state index is 11.9. The molecule has 1 saturated carbocycles. The first kappa shape index (κ1) is 12.7. The van der Waals surface area contributed by atoms with Crippen molar-refractivity contribution in [2.24, 2.45) is 11.3 Å². The van der Waals surface area contributed by atoms with Crippen LogP contribution in [0.5, 0.6) is 0 Å². The van der Waals surface area contributed by atoms with E-state index in [1.807, 2.05) is 13.0 Å². The van der Waals surface area contributed by atoms with E-state index >= 15 is 0 Å². The van der Waals surface area contributed by atoms with Crippen LogP contribution in [-0.4, -0.2) is 16.9 Å². The van der Waals surface area contributed by atoms with Crippen LogP contribution >= 0.6 is 0 Å². The van der Waals surface area contributed by atoms with Gasteiger partial charge < -0.3 is 5.11 Å². The highest BCUT2D eigenvalue weighted by Gasteiger charge is 2.52. The number of carbonyl (C=O) groups excluding carboxylic acids is 1. The summed E-state index contributed by atoms with van der Waals surface area (Å²) in [6.45, 7) is 1.90. The largest absolute Gasteiger partial charge is 0.480 e. The Hall–Kier alpha value is -1.37. The standard InChI is InChI=1S/C12H17NO3/c1-2-5-9(8-13)12(11(15)16)7-4-3-6-10(12)14/h9H,2-7H2,1H3,(H,15,16). The van der Waals surface area contributed by atoms with E-state index in [1.54, 1.807) is 0 Å². The molecule has 1 N–H and O–H groups in total. The topological polar surface area (TPSA) is 78.2 Å². The normalized spacial score (nSPS) is 27.1. The van der Waals surface area contributed by atoms with Crippen LogP contribution in [0.4, 0.5) is 0 Å². The summed E-state index contributed by atoms with van der Waals surface area (Å²) in [4.78, 5) is 23.3. The number of carboxylic acids is 1. The van der Waals surface area contributed by atoms with E-state index in [1.165, 1.54) is 0 Å². The molecule has 1 fully saturated rings. The molecule has 0 saturated heterocycles. The average molecular weight is 223 g/mol. The van der Waals surface area contributed by atoms with Gasteiger partial charge in [0.25, 0.3) is 0 Å². The van der Waals surface area contributed by atoms with Crippen LogP contribution in [0.25, 0.3) is 0 Å². The van der Waals surface area contributed by atoms with Crippen molar-refractivity contribution in [3.63, 3.8) is 0 Å². The molecule has 0 bridgehead atoms. The molecule has 0 spiro atoms. The first-order valence-corrected chi connectivity index (χ1v) is 5.76. The fourth-order valence-corrected chi connectivity index (χ4v) is 2.51. The predicted molar refractivity (Wildman–Crippen MR) is 57.6 cm³/mol. The fraction of sp³-hybridized carbons (Fsp3) is 0.750. The minimum Gasteiger partial charge on any atom is -0.480 e. The van der Waals surface area contributed by atoms with Crippen molar-refractivity contribution in [2.45, 2.75) is 45.4 Å². The minimum absolute atomic E-state index is 0.258. The smallest absolute Gasteiger partial charge is 0.318 e. The third-order valence-electron chi connectivity index (χ3n) is 3.43. The van der Waals surface area contributed by atoms with E-state index in [-0.39, 0.29) is 5.78 Å². The summed E-state index contributed by atoms with van der Waals surface area (Å²) in [5.74, 6) is -2.05. The van der Waals surface area contributed by atoms with Crippen LogP contribution in [0.3, 0.4) is 0 Å². The Balaban J connectivity index is 3.08. The van der Waals surface area contributed by atoms with Gasteiger partial charge in [0.05, 0.1) is 12.0 Å². The van der Waals surface area contributed by atoms with Crippen LogP contribution in [0.1, 0.15) is 45.4 Å². The molecule has 4 nitrogen and oxygen atoms in total. The molecule has 1 aliphatic rings. The van der Waals surface area contributed by atoms with E-state index in [0.29, 0.717) is 19.3 Å². The van der Waals surface area contributed by atoms with Gasteiger partial charge in [-0.3, -0.25) is 9.59 Å². The van der Waals surface area contributed by atoms with Crippen molar-refractivity contribution in [1.29, 1.82) is 5.26 Å². The first-order valence-electron chi connectivity index (χ1n) is 5.76. The molecule has 0 aliphatic heterocycles. The second-order valence-electron chi connectivity index (χ2n) is 4.38. The van der Waals surface area contributed by atoms with E-state index in [0.717, 1.165) is 19.3 Å². The van der Waals surface area contributed by atoms with Gasteiger partial charge in [0, 0.05) is 6.42 Å². The lowest BCUT2D eigenvalue weighted by atomic mass is 9.64. The Morgan fingerprint density at radius 2 is 2.31 bits per heavy atom. The van der Waals surface area contributed by atoms with Gasteiger partial charge in [0.1, 0.15) is 5.41 Å². The third kappa shape index (κ3) is 1.95. The molecule has 0 aromatic carbocycles. The van der Waals surface area contributed by atoms with Gasteiger partial charge in [-0.15, -0.1) is 0 Å². The van der Waals surface area contributed by atoms with Gasteiger partial charge in [-0.05, 0) is 19.3 Å². The average Bonchev–Trinajstić information content (AvgIpc) is 2.27. The Kier molecular flexibility index (Phi) is 4.05. The number of rotatable bonds is 4. The maximum Gasteiger partial charge on any atom is 0.318 e. The van der Waals surface area contributed by atoms with Crippen molar-refractivity contribution in [2.75, 3.05) is 0 Å². The SMILES string of the molecule is CCCC(C#N)C1(C(=O)O)CCCCC1=O. The Morgan fingerprint density at radius 1 is 1.62 bits per heavy atom. The van der Waals surface area contributed by atoms with Gasteiger partial charge in [0.2, 0.25) is 0 Å². The molecule has 0 radical (unpaired) electrons. The molecular formula is C12H17NO3.